The Morgan fingerprint density at radius 1 is 1.30 bits per heavy atom. The molecule has 1 aromatic heterocycles. The van der Waals surface area contributed by atoms with Crippen LogP contribution in [-0.4, -0.2) is 15.7 Å². The molecule has 1 aliphatic carbocycles. The minimum absolute atomic E-state index is 0.513. The van der Waals surface area contributed by atoms with E-state index >= 15 is 0 Å². The van der Waals surface area contributed by atoms with Gasteiger partial charge >= 0.3 is 0 Å². The first-order chi connectivity index (χ1) is 9.56. The molecule has 3 rings (SSSR count). The van der Waals surface area contributed by atoms with Gasteiger partial charge in [-0.25, -0.2) is 4.98 Å². The van der Waals surface area contributed by atoms with E-state index in [2.05, 4.69) is 36.3 Å². The maximum absolute atomic E-state index is 10.5. The van der Waals surface area contributed by atoms with Gasteiger partial charge in [0.1, 0.15) is 0 Å². The van der Waals surface area contributed by atoms with Crippen LogP contribution in [0, 0.1) is 11.8 Å². The van der Waals surface area contributed by atoms with E-state index in [0.717, 1.165) is 29.1 Å². The molecule has 106 valence electrons. The standard InChI is InChI=1S/C17H21NOS/c1-12(2)14-8-17(19,9-14)10-16-18-15(11-20-16)13-6-4-3-5-7-13/h3-7,11-12,14,19H,8-10H2,1-2H3. The summed E-state index contributed by atoms with van der Waals surface area (Å²) < 4.78 is 0. The molecule has 1 N–H and O–H groups in total. The highest BCUT2D eigenvalue weighted by molar-refractivity contribution is 7.09. The summed E-state index contributed by atoms with van der Waals surface area (Å²) in [5.41, 5.74) is 1.66. The van der Waals surface area contributed by atoms with Crippen molar-refractivity contribution >= 4 is 11.3 Å². The molecular weight excluding hydrogens is 266 g/mol. The maximum Gasteiger partial charge on any atom is 0.0961 e. The van der Waals surface area contributed by atoms with Crippen molar-refractivity contribution in [2.24, 2.45) is 11.8 Å². The third kappa shape index (κ3) is 2.79. The molecule has 0 bridgehead atoms. The molecule has 1 aromatic carbocycles. The Morgan fingerprint density at radius 2 is 2.00 bits per heavy atom. The van der Waals surface area contributed by atoms with E-state index in [0.29, 0.717) is 18.3 Å². The number of hydrogen-bond acceptors (Lipinski definition) is 3. The molecule has 0 saturated heterocycles. The Labute approximate surface area is 124 Å². The normalized spacial score (nSPS) is 25.7. The topological polar surface area (TPSA) is 33.1 Å². The van der Waals surface area contributed by atoms with E-state index < -0.39 is 5.60 Å². The summed E-state index contributed by atoms with van der Waals surface area (Å²) in [7, 11) is 0. The molecule has 1 fully saturated rings. The molecule has 0 unspecified atom stereocenters. The first-order valence-corrected chi connectivity index (χ1v) is 8.16. The summed E-state index contributed by atoms with van der Waals surface area (Å²) in [6.07, 6.45) is 2.55. The van der Waals surface area contributed by atoms with Gasteiger partial charge in [0.05, 0.1) is 16.3 Å². The second-order valence-corrected chi connectivity index (χ2v) is 7.25. The second-order valence-electron chi connectivity index (χ2n) is 6.31. The SMILES string of the molecule is CC(C)C1CC(O)(Cc2nc(-c3ccccc3)cs2)C1. The minimum atomic E-state index is -0.513. The van der Waals surface area contributed by atoms with Crippen molar-refractivity contribution in [3.8, 4) is 11.3 Å². The van der Waals surface area contributed by atoms with E-state index in [-0.39, 0.29) is 0 Å². The molecule has 1 heterocycles. The Hall–Kier alpha value is -1.19. The van der Waals surface area contributed by atoms with Gasteiger partial charge in [0.25, 0.3) is 0 Å². The minimum Gasteiger partial charge on any atom is -0.389 e. The molecule has 2 nitrogen and oxygen atoms in total. The highest BCUT2D eigenvalue weighted by Crippen LogP contribution is 2.44. The monoisotopic (exact) mass is 287 g/mol. The van der Waals surface area contributed by atoms with Crippen LogP contribution >= 0.6 is 11.3 Å². The quantitative estimate of drug-likeness (QED) is 0.916. The number of aliphatic hydroxyl groups is 1. The van der Waals surface area contributed by atoms with Crippen molar-refractivity contribution in [1.29, 1.82) is 0 Å². The highest BCUT2D eigenvalue weighted by atomic mass is 32.1. The third-order valence-electron chi connectivity index (χ3n) is 4.33. The van der Waals surface area contributed by atoms with Gasteiger partial charge in [0.15, 0.2) is 0 Å². The van der Waals surface area contributed by atoms with Crippen molar-refractivity contribution in [1.82, 2.24) is 4.98 Å². The molecule has 0 amide bonds. The molecule has 1 aliphatic rings. The second kappa shape index (κ2) is 5.30. The number of nitrogens with zero attached hydrogens (tertiary/aromatic N) is 1. The van der Waals surface area contributed by atoms with Crippen molar-refractivity contribution in [2.75, 3.05) is 0 Å². The van der Waals surface area contributed by atoms with Gasteiger partial charge in [-0.1, -0.05) is 44.2 Å². The van der Waals surface area contributed by atoms with Crippen molar-refractivity contribution in [2.45, 2.75) is 38.7 Å². The summed E-state index contributed by atoms with van der Waals surface area (Å²) in [4.78, 5) is 4.68. The smallest absolute Gasteiger partial charge is 0.0961 e. The lowest BCUT2D eigenvalue weighted by Crippen LogP contribution is -2.47. The van der Waals surface area contributed by atoms with Crippen LogP contribution in [-0.2, 0) is 6.42 Å². The third-order valence-corrected chi connectivity index (χ3v) is 5.18. The zero-order chi connectivity index (χ0) is 14.2. The number of rotatable bonds is 4. The molecule has 0 atom stereocenters. The van der Waals surface area contributed by atoms with E-state index in [4.69, 9.17) is 0 Å². The summed E-state index contributed by atoms with van der Waals surface area (Å²) >= 11 is 1.66. The molecule has 0 aliphatic heterocycles. The average molecular weight is 287 g/mol. The Kier molecular flexibility index (Phi) is 3.65. The zero-order valence-corrected chi connectivity index (χ0v) is 12.9. The number of aromatic nitrogens is 1. The number of thiazole rings is 1. The summed E-state index contributed by atoms with van der Waals surface area (Å²) in [5, 5.41) is 13.7. The van der Waals surface area contributed by atoms with Gasteiger partial charge in [0.2, 0.25) is 0 Å². The van der Waals surface area contributed by atoms with Crippen LogP contribution < -0.4 is 0 Å². The van der Waals surface area contributed by atoms with Crippen LogP contribution in [0.5, 0.6) is 0 Å². The Morgan fingerprint density at radius 3 is 2.65 bits per heavy atom. The lowest BCUT2D eigenvalue weighted by Gasteiger charge is -2.45. The van der Waals surface area contributed by atoms with Gasteiger partial charge in [0, 0.05) is 17.4 Å². The molecule has 20 heavy (non-hydrogen) atoms. The molecule has 0 radical (unpaired) electrons. The van der Waals surface area contributed by atoms with Crippen LogP contribution in [0.15, 0.2) is 35.7 Å². The van der Waals surface area contributed by atoms with Gasteiger partial charge in [-0.15, -0.1) is 11.3 Å². The maximum atomic E-state index is 10.5. The van der Waals surface area contributed by atoms with Crippen molar-refractivity contribution < 1.29 is 5.11 Å². The average Bonchev–Trinajstić information content (AvgIpc) is 2.85. The van der Waals surface area contributed by atoms with Crippen LogP contribution in [0.4, 0.5) is 0 Å². The fourth-order valence-corrected chi connectivity index (χ4v) is 3.89. The largest absolute Gasteiger partial charge is 0.389 e. The van der Waals surface area contributed by atoms with Crippen LogP contribution in [0.3, 0.4) is 0 Å². The first-order valence-electron chi connectivity index (χ1n) is 7.28. The van der Waals surface area contributed by atoms with Gasteiger partial charge in [-0.05, 0) is 24.7 Å². The lowest BCUT2D eigenvalue weighted by molar-refractivity contribution is -0.0860. The summed E-state index contributed by atoms with van der Waals surface area (Å²) in [6.45, 7) is 4.47. The van der Waals surface area contributed by atoms with Crippen LogP contribution in [0.25, 0.3) is 11.3 Å². The van der Waals surface area contributed by atoms with Crippen molar-refractivity contribution in [3.05, 3.63) is 40.7 Å². The molecular formula is C17H21NOS. The van der Waals surface area contributed by atoms with Crippen molar-refractivity contribution in [3.63, 3.8) is 0 Å². The van der Waals surface area contributed by atoms with E-state index in [1.165, 1.54) is 0 Å². The highest BCUT2D eigenvalue weighted by Gasteiger charge is 2.44. The molecule has 1 saturated carbocycles. The van der Waals surface area contributed by atoms with Crippen LogP contribution in [0.1, 0.15) is 31.7 Å². The fourth-order valence-electron chi connectivity index (χ4n) is 2.95. The Balaban J connectivity index is 1.67. The van der Waals surface area contributed by atoms with E-state index in [9.17, 15) is 5.11 Å². The number of hydrogen-bond donors (Lipinski definition) is 1. The predicted octanol–water partition coefficient (Wildman–Crippen LogP) is 4.15. The van der Waals surface area contributed by atoms with Gasteiger partial charge in [-0.3, -0.25) is 0 Å². The Bertz CT molecular complexity index is 570. The zero-order valence-electron chi connectivity index (χ0n) is 12.0. The van der Waals surface area contributed by atoms with Gasteiger partial charge < -0.3 is 5.11 Å². The van der Waals surface area contributed by atoms with E-state index in [1.54, 1.807) is 11.3 Å². The number of benzene rings is 1. The van der Waals surface area contributed by atoms with E-state index in [1.807, 2.05) is 18.2 Å². The fraction of sp³-hybridized carbons (Fsp3) is 0.471. The lowest BCUT2D eigenvalue weighted by atomic mass is 9.65. The molecule has 0 spiro atoms. The summed E-state index contributed by atoms with van der Waals surface area (Å²) in [6, 6.07) is 10.2. The first kappa shape index (κ1) is 13.8. The van der Waals surface area contributed by atoms with Crippen LogP contribution in [0.2, 0.25) is 0 Å². The van der Waals surface area contributed by atoms with Gasteiger partial charge in [-0.2, -0.15) is 0 Å². The molecule has 2 aromatic rings. The predicted molar refractivity (Wildman–Crippen MR) is 83.8 cm³/mol. The summed E-state index contributed by atoms with van der Waals surface area (Å²) in [5.74, 6) is 1.35. The molecule has 3 heteroatoms.